The fourth-order valence-electron chi connectivity index (χ4n) is 2.93. The van der Waals surface area contributed by atoms with E-state index in [-0.39, 0.29) is 12.4 Å². The lowest BCUT2D eigenvalue weighted by molar-refractivity contribution is 0.0494. The fourth-order valence-corrected chi connectivity index (χ4v) is 2.93. The summed E-state index contributed by atoms with van der Waals surface area (Å²) in [5, 5.41) is 3.49. The van der Waals surface area contributed by atoms with Gasteiger partial charge in [0.1, 0.15) is 0 Å². The molecule has 17 heavy (non-hydrogen) atoms. The minimum atomic E-state index is 0. The van der Waals surface area contributed by atoms with Crippen LogP contribution < -0.4 is 5.32 Å². The van der Waals surface area contributed by atoms with Crippen LogP contribution in [-0.4, -0.2) is 50.8 Å². The molecule has 0 spiro atoms. The van der Waals surface area contributed by atoms with E-state index in [0.717, 1.165) is 25.2 Å². The molecule has 4 heteroatoms. The zero-order valence-electron chi connectivity index (χ0n) is 11.0. The van der Waals surface area contributed by atoms with Crippen LogP contribution in [-0.2, 0) is 4.74 Å². The Bertz CT molecular complexity index is 190. The molecule has 102 valence electrons. The first-order valence-electron chi connectivity index (χ1n) is 6.85. The number of nitrogens with zero attached hydrogens (tertiary/aromatic N) is 1. The summed E-state index contributed by atoms with van der Waals surface area (Å²) in [4.78, 5) is 2.60. The predicted molar refractivity (Wildman–Crippen MR) is 73.9 cm³/mol. The highest BCUT2D eigenvalue weighted by Crippen LogP contribution is 2.19. The molecular formula is C13H27ClN2O. The van der Waals surface area contributed by atoms with Crippen LogP contribution in [0.2, 0.25) is 0 Å². The fraction of sp³-hybridized carbons (Fsp3) is 1.00. The summed E-state index contributed by atoms with van der Waals surface area (Å²) in [7, 11) is 2.31. The molecule has 1 atom stereocenters. The molecule has 0 amide bonds. The molecule has 2 fully saturated rings. The van der Waals surface area contributed by atoms with Crippen molar-refractivity contribution in [3.63, 3.8) is 0 Å². The maximum atomic E-state index is 5.42. The highest BCUT2D eigenvalue weighted by atomic mass is 35.5. The molecule has 1 unspecified atom stereocenters. The Morgan fingerprint density at radius 2 is 1.88 bits per heavy atom. The highest BCUT2D eigenvalue weighted by molar-refractivity contribution is 5.85. The van der Waals surface area contributed by atoms with Crippen LogP contribution in [0.1, 0.15) is 32.1 Å². The first kappa shape index (κ1) is 15.2. The quantitative estimate of drug-likeness (QED) is 0.841. The monoisotopic (exact) mass is 262 g/mol. The molecule has 0 aromatic heterocycles. The Kier molecular flexibility index (Phi) is 7.44. The minimum Gasteiger partial charge on any atom is -0.381 e. The first-order valence-corrected chi connectivity index (χ1v) is 6.85. The van der Waals surface area contributed by atoms with E-state index in [2.05, 4.69) is 17.3 Å². The molecule has 2 aliphatic rings. The maximum Gasteiger partial charge on any atom is 0.0469 e. The van der Waals surface area contributed by atoms with E-state index in [1.165, 1.54) is 51.7 Å². The molecule has 0 aromatic rings. The molecule has 0 saturated carbocycles. The van der Waals surface area contributed by atoms with Crippen LogP contribution in [0.3, 0.4) is 0 Å². The van der Waals surface area contributed by atoms with Crippen LogP contribution in [0.4, 0.5) is 0 Å². The number of ether oxygens (including phenoxy) is 1. The van der Waals surface area contributed by atoms with E-state index in [0.29, 0.717) is 0 Å². The third-order valence-electron chi connectivity index (χ3n) is 4.06. The standard InChI is InChI=1S/C13H26N2O.ClH/c1-15(11-12-5-9-16-10-6-12)13-3-2-7-14-8-4-13;/h12-14H,2-11H2,1H3;1H. The summed E-state index contributed by atoms with van der Waals surface area (Å²) in [6, 6.07) is 0.804. The van der Waals surface area contributed by atoms with Gasteiger partial charge >= 0.3 is 0 Å². The van der Waals surface area contributed by atoms with E-state index in [4.69, 9.17) is 4.74 Å². The van der Waals surface area contributed by atoms with Gasteiger partial charge in [0.2, 0.25) is 0 Å². The second-order valence-corrected chi connectivity index (χ2v) is 5.33. The lowest BCUT2D eigenvalue weighted by Gasteiger charge is -2.32. The van der Waals surface area contributed by atoms with Gasteiger partial charge in [0.05, 0.1) is 0 Å². The van der Waals surface area contributed by atoms with Gasteiger partial charge in [-0.25, -0.2) is 0 Å². The minimum absolute atomic E-state index is 0. The van der Waals surface area contributed by atoms with Crippen molar-refractivity contribution in [2.45, 2.75) is 38.1 Å². The van der Waals surface area contributed by atoms with Gasteiger partial charge in [0, 0.05) is 25.8 Å². The Balaban J connectivity index is 0.00000144. The van der Waals surface area contributed by atoms with Crippen LogP contribution in [0.15, 0.2) is 0 Å². The SMILES string of the molecule is CN(CC1CCOCC1)C1CCCNCC1.Cl. The molecule has 1 N–H and O–H groups in total. The number of hydrogen-bond donors (Lipinski definition) is 1. The van der Waals surface area contributed by atoms with Crippen molar-refractivity contribution in [1.82, 2.24) is 10.2 Å². The maximum absolute atomic E-state index is 5.42. The van der Waals surface area contributed by atoms with Gasteiger partial charge < -0.3 is 15.0 Å². The van der Waals surface area contributed by atoms with Gasteiger partial charge in [0.25, 0.3) is 0 Å². The highest BCUT2D eigenvalue weighted by Gasteiger charge is 2.21. The summed E-state index contributed by atoms with van der Waals surface area (Å²) in [5.41, 5.74) is 0. The van der Waals surface area contributed by atoms with Crippen LogP contribution >= 0.6 is 12.4 Å². The summed E-state index contributed by atoms with van der Waals surface area (Å²) in [5.74, 6) is 0.870. The topological polar surface area (TPSA) is 24.5 Å². The molecule has 3 nitrogen and oxygen atoms in total. The zero-order chi connectivity index (χ0) is 11.2. The van der Waals surface area contributed by atoms with Crippen molar-refractivity contribution in [2.75, 3.05) is 39.9 Å². The van der Waals surface area contributed by atoms with Crippen molar-refractivity contribution in [3.8, 4) is 0 Å². The van der Waals surface area contributed by atoms with E-state index >= 15 is 0 Å². The molecule has 2 heterocycles. The largest absolute Gasteiger partial charge is 0.381 e. The Morgan fingerprint density at radius 3 is 2.65 bits per heavy atom. The Labute approximate surface area is 112 Å². The van der Waals surface area contributed by atoms with Crippen molar-refractivity contribution in [1.29, 1.82) is 0 Å². The molecule has 2 rings (SSSR count). The average Bonchev–Trinajstić information content (AvgIpc) is 2.59. The molecule has 2 saturated heterocycles. The molecule has 0 aromatic carbocycles. The van der Waals surface area contributed by atoms with Crippen LogP contribution in [0.25, 0.3) is 0 Å². The van der Waals surface area contributed by atoms with E-state index < -0.39 is 0 Å². The smallest absolute Gasteiger partial charge is 0.0469 e. The van der Waals surface area contributed by atoms with Crippen molar-refractivity contribution in [2.24, 2.45) is 5.92 Å². The van der Waals surface area contributed by atoms with Gasteiger partial charge in [-0.15, -0.1) is 12.4 Å². The number of rotatable bonds is 3. The van der Waals surface area contributed by atoms with Gasteiger partial charge in [0.15, 0.2) is 0 Å². The normalized spacial score (nSPS) is 27.5. The summed E-state index contributed by atoms with van der Waals surface area (Å²) < 4.78 is 5.42. The van der Waals surface area contributed by atoms with Crippen molar-refractivity contribution >= 4 is 12.4 Å². The van der Waals surface area contributed by atoms with E-state index in [9.17, 15) is 0 Å². The second-order valence-electron chi connectivity index (χ2n) is 5.33. The second kappa shape index (κ2) is 8.30. The lowest BCUT2D eigenvalue weighted by Crippen LogP contribution is -2.37. The molecule has 0 bridgehead atoms. The molecule has 0 aliphatic carbocycles. The first-order chi connectivity index (χ1) is 7.86. The molecule has 2 aliphatic heterocycles. The Hall–Kier alpha value is 0.170. The van der Waals surface area contributed by atoms with Crippen LogP contribution in [0.5, 0.6) is 0 Å². The number of halogens is 1. The van der Waals surface area contributed by atoms with E-state index in [1.807, 2.05) is 0 Å². The molecule has 0 radical (unpaired) electrons. The number of nitrogens with one attached hydrogen (secondary N) is 1. The van der Waals surface area contributed by atoms with E-state index in [1.54, 1.807) is 0 Å². The summed E-state index contributed by atoms with van der Waals surface area (Å²) in [6.45, 7) is 5.63. The lowest BCUT2D eigenvalue weighted by atomic mass is 9.98. The predicted octanol–water partition coefficient (Wildman–Crippen LogP) is 1.91. The zero-order valence-corrected chi connectivity index (χ0v) is 11.8. The Morgan fingerprint density at radius 1 is 1.12 bits per heavy atom. The van der Waals surface area contributed by atoms with Crippen LogP contribution in [0, 0.1) is 5.92 Å². The van der Waals surface area contributed by atoms with Gasteiger partial charge in [-0.1, -0.05) is 0 Å². The third-order valence-corrected chi connectivity index (χ3v) is 4.06. The van der Waals surface area contributed by atoms with Gasteiger partial charge in [-0.05, 0) is 58.2 Å². The average molecular weight is 263 g/mol. The molecular weight excluding hydrogens is 236 g/mol. The number of hydrogen-bond acceptors (Lipinski definition) is 3. The summed E-state index contributed by atoms with van der Waals surface area (Å²) >= 11 is 0. The third kappa shape index (κ3) is 5.12. The van der Waals surface area contributed by atoms with Gasteiger partial charge in [-0.3, -0.25) is 0 Å². The van der Waals surface area contributed by atoms with Crippen molar-refractivity contribution < 1.29 is 4.74 Å². The van der Waals surface area contributed by atoms with Gasteiger partial charge in [-0.2, -0.15) is 0 Å². The summed E-state index contributed by atoms with van der Waals surface area (Å²) in [6.07, 6.45) is 6.54. The van der Waals surface area contributed by atoms with Crippen molar-refractivity contribution in [3.05, 3.63) is 0 Å².